The summed E-state index contributed by atoms with van der Waals surface area (Å²) < 4.78 is 6.47. The van der Waals surface area contributed by atoms with E-state index in [0.717, 1.165) is 35.2 Å². The third kappa shape index (κ3) is 3.68. The summed E-state index contributed by atoms with van der Waals surface area (Å²) in [6.45, 7) is 2.91. The molecule has 1 rings (SSSR count). The molecule has 14 heavy (non-hydrogen) atoms. The van der Waals surface area contributed by atoms with Gasteiger partial charge in [-0.2, -0.15) is 0 Å². The second-order valence-corrected chi connectivity index (χ2v) is 4.07. The fourth-order valence-corrected chi connectivity index (χ4v) is 1.65. The van der Waals surface area contributed by atoms with Gasteiger partial charge in [-0.3, -0.25) is 0 Å². The lowest BCUT2D eigenvalue weighted by molar-refractivity contribution is 0.278. The van der Waals surface area contributed by atoms with Crippen molar-refractivity contribution in [3.63, 3.8) is 0 Å². The molecule has 0 aromatic heterocycles. The zero-order valence-electron chi connectivity index (χ0n) is 8.29. The molecule has 0 amide bonds. The molecule has 1 aromatic rings. The van der Waals surface area contributed by atoms with Crippen LogP contribution < -0.4 is 4.74 Å². The molecule has 0 fully saturated rings. The van der Waals surface area contributed by atoms with Crippen LogP contribution in [0.1, 0.15) is 25.3 Å². The Balaban J connectivity index is 2.62. The maximum absolute atomic E-state index is 8.98. The van der Waals surface area contributed by atoms with Crippen LogP contribution in [-0.4, -0.2) is 11.7 Å². The van der Waals surface area contributed by atoms with Crippen molar-refractivity contribution in [1.29, 1.82) is 0 Å². The SMILES string of the molecule is CCCCOc1cc(Br)cc(CO)c1. The predicted molar refractivity (Wildman–Crippen MR) is 60.5 cm³/mol. The van der Waals surface area contributed by atoms with Gasteiger partial charge in [0.1, 0.15) is 5.75 Å². The number of halogens is 1. The summed E-state index contributed by atoms with van der Waals surface area (Å²) in [6, 6.07) is 5.65. The van der Waals surface area contributed by atoms with Gasteiger partial charge in [0.05, 0.1) is 13.2 Å². The molecule has 0 unspecified atom stereocenters. The summed E-state index contributed by atoms with van der Waals surface area (Å²) in [7, 11) is 0. The second kappa shape index (κ2) is 6.04. The zero-order valence-corrected chi connectivity index (χ0v) is 9.88. The Morgan fingerprint density at radius 1 is 1.36 bits per heavy atom. The van der Waals surface area contributed by atoms with E-state index in [0.29, 0.717) is 0 Å². The van der Waals surface area contributed by atoms with E-state index in [1.54, 1.807) is 0 Å². The molecule has 78 valence electrons. The molecule has 0 aliphatic heterocycles. The number of benzene rings is 1. The summed E-state index contributed by atoms with van der Waals surface area (Å²) in [4.78, 5) is 0. The largest absolute Gasteiger partial charge is 0.494 e. The van der Waals surface area contributed by atoms with Crippen LogP contribution in [0.5, 0.6) is 5.75 Å². The van der Waals surface area contributed by atoms with Gasteiger partial charge in [-0.25, -0.2) is 0 Å². The second-order valence-electron chi connectivity index (χ2n) is 3.16. The number of hydrogen-bond donors (Lipinski definition) is 1. The molecule has 0 saturated heterocycles. The molecule has 2 nitrogen and oxygen atoms in total. The smallest absolute Gasteiger partial charge is 0.120 e. The molecule has 3 heteroatoms. The maximum Gasteiger partial charge on any atom is 0.120 e. The van der Waals surface area contributed by atoms with Crippen molar-refractivity contribution < 1.29 is 9.84 Å². The maximum atomic E-state index is 8.98. The van der Waals surface area contributed by atoms with Crippen molar-refractivity contribution in [3.05, 3.63) is 28.2 Å². The first-order chi connectivity index (χ1) is 6.76. The lowest BCUT2D eigenvalue weighted by Crippen LogP contribution is -1.97. The quantitative estimate of drug-likeness (QED) is 0.823. The van der Waals surface area contributed by atoms with E-state index in [9.17, 15) is 0 Å². The summed E-state index contributed by atoms with van der Waals surface area (Å²) in [6.07, 6.45) is 2.18. The van der Waals surface area contributed by atoms with Crippen LogP contribution in [0.2, 0.25) is 0 Å². The summed E-state index contributed by atoms with van der Waals surface area (Å²) in [5.41, 5.74) is 0.867. The van der Waals surface area contributed by atoms with E-state index in [1.165, 1.54) is 0 Å². The Hall–Kier alpha value is -0.540. The molecular weight excluding hydrogens is 244 g/mol. The van der Waals surface area contributed by atoms with Crippen LogP contribution in [0.25, 0.3) is 0 Å². The molecule has 1 N–H and O–H groups in total. The Morgan fingerprint density at radius 2 is 2.14 bits per heavy atom. The standard InChI is InChI=1S/C11H15BrO2/c1-2-3-4-14-11-6-9(8-13)5-10(12)7-11/h5-7,13H,2-4,8H2,1H3. The first-order valence-corrected chi connectivity index (χ1v) is 5.58. The van der Waals surface area contributed by atoms with Gasteiger partial charge in [0.15, 0.2) is 0 Å². The van der Waals surface area contributed by atoms with Crippen LogP contribution in [-0.2, 0) is 6.61 Å². The Morgan fingerprint density at radius 3 is 2.79 bits per heavy atom. The molecule has 0 atom stereocenters. The van der Waals surface area contributed by atoms with Gasteiger partial charge in [0.25, 0.3) is 0 Å². The molecule has 0 heterocycles. The van der Waals surface area contributed by atoms with Crippen LogP contribution in [0.3, 0.4) is 0 Å². The number of aliphatic hydroxyl groups is 1. The lowest BCUT2D eigenvalue weighted by atomic mass is 10.2. The van der Waals surface area contributed by atoms with E-state index < -0.39 is 0 Å². The van der Waals surface area contributed by atoms with Gasteiger partial charge >= 0.3 is 0 Å². The minimum Gasteiger partial charge on any atom is -0.494 e. The van der Waals surface area contributed by atoms with Crippen LogP contribution >= 0.6 is 15.9 Å². The summed E-state index contributed by atoms with van der Waals surface area (Å²) in [5, 5.41) is 8.98. The fourth-order valence-electron chi connectivity index (χ4n) is 1.13. The van der Waals surface area contributed by atoms with Crippen molar-refractivity contribution in [2.75, 3.05) is 6.61 Å². The highest BCUT2D eigenvalue weighted by Crippen LogP contribution is 2.21. The average Bonchev–Trinajstić information content (AvgIpc) is 2.17. The molecule has 0 bridgehead atoms. The molecule has 0 spiro atoms. The highest BCUT2D eigenvalue weighted by molar-refractivity contribution is 9.10. The topological polar surface area (TPSA) is 29.5 Å². The Kier molecular flexibility index (Phi) is 4.98. The van der Waals surface area contributed by atoms with Crippen molar-refractivity contribution in [2.24, 2.45) is 0 Å². The van der Waals surface area contributed by atoms with Gasteiger partial charge in [0, 0.05) is 4.47 Å². The van der Waals surface area contributed by atoms with E-state index in [1.807, 2.05) is 18.2 Å². The number of hydrogen-bond acceptors (Lipinski definition) is 2. The molecule has 0 saturated carbocycles. The minimum absolute atomic E-state index is 0.0452. The first kappa shape index (κ1) is 11.5. The first-order valence-electron chi connectivity index (χ1n) is 4.79. The van der Waals surface area contributed by atoms with Crippen molar-refractivity contribution in [2.45, 2.75) is 26.4 Å². The van der Waals surface area contributed by atoms with Crippen LogP contribution in [0, 0.1) is 0 Å². The molecule has 0 aliphatic carbocycles. The van der Waals surface area contributed by atoms with E-state index in [2.05, 4.69) is 22.9 Å². The summed E-state index contributed by atoms with van der Waals surface area (Å²) in [5.74, 6) is 0.817. The van der Waals surface area contributed by atoms with Crippen molar-refractivity contribution in [1.82, 2.24) is 0 Å². The Bertz CT molecular complexity index is 287. The molecule has 0 radical (unpaired) electrons. The molecule has 1 aromatic carbocycles. The van der Waals surface area contributed by atoms with Gasteiger partial charge in [0.2, 0.25) is 0 Å². The predicted octanol–water partition coefficient (Wildman–Crippen LogP) is 3.12. The Labute approximate surface area is 93.0 Å². The average molecular weight is 259 g/mol. The van der Waals surface area contributed by atoms with E-state index in [-0.39, 0.29) is 6.61 Å². The number of ether oxygens (including phenoxy) is 1. The van der Waals surface area contributed by atoms with Crippen molar-refractivity contribution >= 4 is 15.9 Å². The highest BCUT2D eigenvalue weighted by atomic mass is 79.9. The van der Waals surface area contributed by atoms with Crippen molar-refractivity contribution in [3.8, 4) is 5.75 Å². The lowest BCUT2D eigenvalue weighted by Gasteiger charge is -2.07. The third-order valence-electron chi connectivity index (χ3n) is 1.88. The third-order valence-corrected chi connectivity index (χ3v) is 2.34. The normalized spacial score (nSPS) is 10.2. The number of unbranched alkanes of at least 4 members (excludes halogenated alkanes) is 1. The van der Waals surface area contributed by atoms with Gasteiger partial charge in [-0.05, 0) is 30.2 Å². The van der Waals surface area contributed by atoms with E-state index in [4.69, 9.17) is 9.84 Å². The van der Waals surface area contributed by atoms with E-state index >= 15 is 0 Å². The highest BCUT2D eigenvalue weighted by Gasteiger charge is 1.99. The van der Waals surface area contributed by atoms with Gasteiger partial charge in [-0.1, -0.05) is 29.3 Å². The van der Waals surface area contributed by atoms with Gasteiger partial charge in [-0.15, -0.1) is 0 Å². The van der Waals surface area contributed by atoms with Crippen LogP contribution in [0.15, 0.2) is 22.7 Å². The fraction of sp³-hybridized carbons (Fsp3) is 0.455. The molecular formula is C11H15BrO2. The van der Waals surface area contributed by atoms with Gasteiger partial charge < -0.3 is 9.84 Å². The number of aliphatic hydroxyl groups excluding tert-OH is 1. The molecule has 0 aliphatic rings. The zero-order chi connectivity index (χ0) is 10.4. The summed E-state index contributed by atoms with van der Waals surface area (Å²) >= 11 is 3.37. The monoisotopic (exact) mass is 258 g/mol. The minimum atomic E-state index is 0.0452. The number of rotatable bonds is 5. The van der Waals surface area contributed by atoms with Crippen LogP contribution in [0.4, 0.5) is 0 Å².